The van der Waals surface area contributed by atoms with Crippen molar-refractivity contribution in [2.45, 2.75) is 39.0 Å². The van der Waals surface area contributed by atoms with Crippen LogP contribution in [0.5, 0.6) is 0 Å². The van der Waals surface area contributed by atoms with E-state index in [1.54, 1.807) is 0 Å². The minimum Gasteiger partial charge on any atom is -1.00 e. The molecule has 0 aromatic carbocycles. The average molecular weight is 332 g/mol. The molecule has 2 unspecified atom stereocenters. The summed E-state index contributed by atoms with van der Waals surface area (Å²) in [6.45, 7) is 2.56. The Morgan fingerprint density at radius 2 is 1.33 bits per heavy atom. The fraction of sp³-hybridized carbons (Fsp3) is 1.00. The second kappa shape index (κ2) is 28.2. The van der Waals surface area contributed by atoms with Crippen molar-refractivity contribution in [1.29, 1.82) is 0 Å². The Morgan fingerprint density at radius 3 is 1.56 bits per heavy atom. The predicted octanol–water partition coefficient (Wildman–Crippen LogP) is -6.40. The van der Waals surface area contributed by atoms with Gasteiger partial charge in [0.05, 0.1) is 0 Å². The van der Waals surface area contributed by atoms with Crippen LogP contribution in [-0.4, -0.2) is 21.5 Å². The predicted molar refractivity (Wildman–Crippen MR) is 59.9 cm³/mol. The van der Waals surface area contributed by atoms with Gasteiger partial charge in [-0.1, -0.05) is 32.6 Å². The Labute approximate surface area is 181 Å². The van der Waals surface area contributed by atoms with E-state index < -0.39 is 16.5 Å². The van der Waals surface area contributed by atoms with Crippen molar-refractivity contribution >= 4 is 16.5 Å². The number of aliphatic hydroxyl groups is 1. The number of hydrogen-bond acceptors (Lipinski definition) is 4. The monoisotopic (exact) mass is 332 g/mol. The molecule has 0 radical (unpaired) electrons. The molecule has 6 nitrogen and oxygen atoms in total. The zero-order valence-corrected chi connectivity index (χ0v) is 19.5. The van der Waals surface area contributed by atoms with E-state index in [0.29, 0.717) is 6.61 Å². The fourth-order valence-corrected chi connectivity index (χ4v) is 1.25. The van der Waals surface area contributed by atoms with Gasteiger partial charge in [0, 0.05) is 15.7 Å². The van der Waals surface area contributed by atoms with Gasteiger partial charge in [0.1, 0.15) is 0 Å². The molecule has 2 atom stereocenters. The van der Waals surface area contributed by atoms with Gasteiger partial charge in [-0.15, -0.1) is 9.79 Å². The van der Waals surface area contributed by atoms with Crippen molar-refractivity contribution in [1.82, 2.24) is 0 Å². The Kier molecular flexibility index (Phi) is 51.5. The van der Waals surface area contributed by atoms with Crippen molar-refractivity contribution in [2.75, 3.05) is 6.61 Å². The van der Waals surface area contributed by atoms with Gasteiger partial charge >= 0.3 is 105 Å². The maximum atomic E-state index is 9.39. The van der Waals surface area contributed by atoms with Crippen molar-refractivity contribution in [3.05, 3.63) is 0 Å². The van der Waals surface area contributed by atoms with Gasteiger partial charge in [0.2, 0.25) is 0 Å². The Bertz CT molecular complexity index is 181. The molecule has 0 spiro atoms. The molecule has 96 valence electrons. The summed E-state index contributed by atoms with van der Waals surface area (Å²) in [4.78, 5) is 15.3. The van der Waals surface area contributed by atoms with Crippen molar-refractivity contribution in [3.8, 4) is 0 Å². The molecule has 0 fully saturated rings. The third-order valence-corrected chi connectivity index (χ3v) is 2.52. The summed E-state index contributed by atoms with van der Waals surface area (Å²) in [6, 6.07) is 0. The van der Waals surface area contributed by atoms with Crippen LogP contribution >= 0.6 is 16.5 Å². The molecule has 0 aliphatic rings. The number of rotatable bonds is 7. The Morgan fingerprint density at radius 1 is 0.944 bits per heavy atom. The first kappa shape index (κ1) is 32.8. The summed E-state index contributed by atoms with van der Waals surface area (Å²) < 4.78 is 22.2. The third kappa shape index (κ3) is 42.7. The van der Waals surface area contributed by atoms with Gasteiger partial charge in [-0.3, -0.25) is 0 Å². The molecule has 0 rings (SSSR count). The van der Waals surface area contributed by atoms with E-state index in [4.69, 9.17) is 14.9 Å². The molecule has 0 amide bonds. The smallest absolute Gasteiger partial charge is 1.00 e. The summed E-state index contributed by atoms with van der Waals surface area (Å²) in [7, 11) is -5.85. The maximum absolute atomic E-state index is 9.39. The van der Waals surface area contributed by atoms with Crippen molar-refractivity contribution in [2.24, 2.45) is 0 Å². The SMILES string of the molecule is CCCCCCCO.O=[P+](O)O[P+](=O)O.[H-].[H-].[H-].[Na+].[Na+].[Na+]. The molecular formula is C7H21Na3O6P2+2. The second-order valence-electron chi connectivity index (χ2n) is 2.70. The van der Waals surface area contributed by atoms with Gasteiger partial charge in [-0.05, 0) is 6.42 Å². The number of unbranched alkanes of at least 4 members (excludes halogenated alkanes) is 4. The van der Waals surface area contributed by atoms with Crippen molar-refractivity contribution < 1.29 is 121 Å². The minimum atomic E-state index is -2.92. The summed E-state index contributed by atoms with van der Waals surface area (Å²) in [5.41, 5.74) is 0. The fourth-order valence-electron chi connectivity index (χ4n) is 0.775. The normalized spacial score (nSPS) is 9.56. The summed E-state index contributed by atoms with van der Waals surface area (Å²) in [5.74, 6) is 0. The molecule has 18 heavy (non-hydrogen) atoms. The van der Waals surface area contributed by atoms with Crippen molar-refractivity contribution in [3.63, 3.8) is 0 Å². The van der Waals surface area contributed by atoms with Crippen LogP contribution in [0.1, 0.15) is 43.3 Å². The summed E-state index contributed by atoms with van der Waals surface area (Å²) in [6.07, 6.45) is 6.08. The molecule has 0 aliphatic carbocycles. The number of hydrogen-bond donors (Lipinski definition) is 3. The molecule has 0 aromatic heterocycles. The molecule has 0 heterocycles. The van der Waals surface area contributed by atoms with Crippen LogP contribution in [0, 0.1) is 0 Å². The quantitative estimate of drug-likeness (QED) is 0.243. The molecule has 0 bridgehead atoms. The van der Waals surface area contributed by atoms with Crippen LogP contribution in [-0.2, 0) is 13.4 Å². The molecule has 0 saturated carbocycles. The largest absolute Gasteiger partial charge is 1.00 e. The van der Waals surface area contributed by atoms with Gasteiger partial charge in [0.25, 0.3) is 0 Å². The molecule has 0 aliphatic heterocycles. The van der Waals surface area contributed by atoms with Crippen LogP contribution in [0.2, 0.25) is 0 Å². The second-order valence-corrected chi connectivity index (χ2v) is 4.30. The molecule has 11 heteroatoms. The Hall–Kier alpha value is 3.04. The van der Waals surface area contributed by atoms with E-state index in [1.807, 2.05) is 0 Å². The van der Waals surface area contributed by atoms with Gasteiger partial charge < -0.3 is 9.39 Å². The standard InChI is InChI=1S/C7H16O.3Na.O5P2.3H/c1-2-3-4-5-6-7-8;;;;1-6(2)5-7(3)4;;;/h8H,2-7H2,1H3;;;;;;;/q;3*+1;;3*-1/p+2. The van der Waals surface area contributed by atoms with E-state index in [-0.39, 0.29) is 93.0 Å². The van der Waals surface area contributed by atoms with Gasteiger partial charge in [-0.2, -0.15) is 0 Å². The summed E-state index contributed by atoms with van der Waals surface area (Å²) in [5, 5.41) is 8.37. The van der Waals surface area contributed by atoms with E-state index >= 15 is 0 Å². The van der Waals surface area contributed by atoms with Gasteiger partial charge in [0.15, 0.2) is 4.31 Å². The molecule has 0 saturated heterocycles. The first-order valence-electron chi connectivity index (χ1n) is 4.65. The van der Waals surface area contributed by atoms with Crippen LogP contribution < -0.4 is 88.7 Å². The topological polar surface area (TPSA) is 104 Å². The van der Waals surface area contributed by atoms with E-state index in [1.165, 1.54) is 25.7 Å². The summed E-state index contributed by atoms with van der Waals surface area (Å²) >= 11 is 0. The first-order valence-corrected chi connectivity index (χ1v) is 6.91. The Balaban J connectivity index is -0.0000000210. The van der Waals surface area contributed by atoms with E-state index in [2.05, 4.69) is 11.2 Å². The average Bonchev–Trinajstić information content (AvgIpc) is 2.11. The zero-order valence-electron chi connectivity index (χ0n) is 14.7. The maximum Gasteiger partial charge on any atom is 1.00 e. The van der Waals surface area contributed by atoms with Crippen LogP contribution in [0.15, 0.2) is 0 Å². The minimum absolute atomic E-state index is 0. The molecule has 0 aromatic rings. The molecule has 3 N–H and O–H groups in total. The number of aliphatic hydroxyl groups excluding tert-OH is 1. The van der Waals surface area contributed by atoms with Gasteiger partial charge in [-0.25, -0.2) is 0 Å². The van der Waals surface area contributed by atoms with Crippen LogP contribution in [0.25, 0.3) is 0 Å². The van der Waals surface area contributed by atoms with Crippen LogP contribution in [0.4, 0.5) is 0 Å². The molecular weight excluding hydrogens is 311 g/mol. The van der Waals surface area contributed by atoms with E-state index in [0.717, 1.165) is 6.42 Å². The first-order chi connectivity index (χ1) is 7.04. The third-order valence-electron chi connectivity index (χ3n) is 1.40. The van der Waals surface area contributed by atoms with E-state index in [9.17, 15) is 9.13 Å². The van der Waals surface area contributed by atoms with Crippen LogP contribution in [0.3, 0.4) is 0 Å². The zero-order chi connectivity index (χ0) is 12.1.